The Morgan fingerprint density at radius 1 is 0.903 bits per heavy atom. The van der Waals surface area contributed by atoms with Gasteiger partial charge in [0.25, 0.3) is 0 Å². The minimum Gasteiger partial charge on any atom is -0.489 e. The second-order valence-corrected chi connectivity index (χ2v) is 8.48. The lowest BCUT2D eigenvalue weighted by molar-refractivity contribution is -0.127. The molecular formula is C28H31NO2. The number of carbonyl (C=O) groups excluding carboxylic acids is 1. The molecule has 0 radical (unpaired) electrons. The normalized spacial score (nSPS) is 19.4. The summed E-state index contributed by atoms with van der Waals surface area (Å²) in [7, 11) is 0. The fourth-order valence-electron chi connectivity index (χ4n) is 4.54. The van der Waals surface area contributed by atoms with Crippen LogP contribution in [-0.4, -0.2) is 5.91 Å². The van der Waals surface area contributed by atoms with Crippen LogP contribution < -0.4 is 10.1 Å². The Balaban J connectivity index is 1.40. The molecule has 1 aliphatic rings. The highest BCUT2D eigenvalue weighted by Gasteiger charge is 2.32. The zero-order chi connectivity index (χ0) is 21.5. The third kappa shape index (κ3) is 5.55. The molecule has 3 heteroatoms. The summed E-state index contributed by atoms with van der Waals surface area (Å²) >= 11 is 0. The summed E-state index contributed by atoms with van der Waals surface area (Å²) in [5, 5.41) is 3.25. The molecule has 0 bridgehead atoms. The van der Waals surface area contributed by atoms with Gasteiger partial charge in [-0.3, -0.25) is 4.79 Å². The van der Waals surface area contributed by atoms with Crippen LogP contribution >= 0.6 is 0 Å². The molecule has 0 aromatic heterocycles. The quantitative estimate of drug-likeness (QED) is 0.485. The van der Waals surface area contributed by atoms with Gasteiger partial charge in [0.1, 0.15) is 12.4 Å². The Kier molecular flexibility index (Phi) is 7.03. The molecule has 160 valence electrons. The fourth-order valence-corrected chi connectivity index (χ4v) is 4.54. The van der Waals surface area contributed by atoms with Gasteiger partial charge in [-0.05, 0) is 54.5 Å². The first-order valence-electron chi connectivity index (χ1n) is 11.3. The zero-order valence-corrected chi connectivity index (χ0v) is 18.2. The molecule has 0 heterocycles. The summed E-state index contributed by atoms with van der Waals surface area (Å²) in [6, 6.07) is 28.7. The lowest BCUT2D eigenvalue weighted by Crippen LogP contribution is -2.37. The van der Waals surface area contributed by atoms with Crippen molar-refractivity contribution in [1.29, 1.82) is 0 Å². The number of benzene rings is 3. The third-order valence-electron chi connectivity index (χ3n) is 6.32. The molecule has 3 atom stereocenters. The van der Waals surface area contributed by atoms with Crippen LogP contribution in [0.1, 0.15) is 61.3 Å². The van der Waals surface area contributed by atoms with E-state index in [1.807, 2.05) is 48.5 Å². The van der Waals surface area contributed by atoms with Gasteiger partial charge in [0.15, 0.2) is 0 Å². The molecule has 3 nitrogen and oxygen atoms in total. The van der Waals surface area contributed by atoms with Crippen molar-refractivity contribution in [1.82, 2.24) is 5.32 Å². The van der Waals surface area contributed by atoms with Crippen LogP contribution in [0.2, 0.25) is 0 Å². The van der Waals surface area contributed by atoms with E-state index in [4.69, 9.17) is 4.74 Å². The van der Waals surface area contributed by atoms with Crippen LogP contribution in [0.4, 0.5) is 0 Å². The van der Waals surface area contributed by atoms with Gasteiger partial charge in [0.2, 0.25) is 5.91 Å². The van der Waals surface area contributed by atoms with Crippen molar-refractivity contribution in [3.05, 3.63) is 102 Å². The van der Waals surface area contributed by atoms with E-state index in [-0.39, 0.29) is 23.8 Å². The van der Waals surface area contributed by atoms with Gasteiger partial charge in [0.05, 0.1) is 6.04 Å². The Bertz CT molecular complexity index is 953. The average Bonchev–Trinajstić information content (AvgIpc) is 2.84. The van der Waals surface area contributed by atoms with Crippen molar-refractivity contribution >= 4 is 5.91 Å². The van der Waals surface area contributed by atoms with Gasteiger partial charge in [-0.1, -0.05) is 85.6 Å². The van der Waals surface area contributed by atoms with Gasteiger partial charge >= 0.3 is 0 Å². The molecular weight excluding hydrogens is 382 g/mol. The SMILES string of the molecule is C[C@H](NC(=O)[C@H]1CCCC[C@H]1c1ccc(OCc2ccccc2)cc1)c1ccccc1. The van der Waals surface area contributed by atoms with Gasteiger partial charge in [-0.25, -0.2) is 0 Å². The van der Waals surface area contributed by atoms with Crippen molar-refractivity contribution < 1.29 is 9.53 Å². The van der Waals surface area contributed by atoms with Crippen molar-refractivity contribution in [2.45, 2.75) is 51.2 Å². The smallest absolute Gasteiger partial charge is 0.224 e. The van der Waals surface area contributed by atoms with Crippen LogP contribution in [0, 0.1) is 5.92 Å². The summed E-state index contributed by atoms with van der Waals surface area (Å²) in [6.07, 6.45) is 4.30. The van der Waals surface area contributed by atoms with Crippen LogP contribution in [0.15, 0.2) is 84.9 Å². The number of nitrogens with one attached hydrogen (secondary N) is 1. The minimum atomic E-state index is 0.0186. The summed E-state index contributed by atoms with van der Waals surface area (Å²) in [4.78, 5) is 13.2. The van der Waals surface area contributed by atoms with E-state index < -0.39 is 0 Å². The molecule has 0 spiro atoms. The molecule has 1 saturated carbocycles. The highest BCUT2D eigenvalue weighted by molar-refractivity contribution is 5.80. The van der Waals surface area contributed by atoms with Crippen molar-refractivity contribution in [2.24, 2.45) is 5.92 Å². The first-order valence-corrected chi connectivity index (χ1v) is 11.3. The van der Waals surface area contributed by atoms with E-state index in [0.29, 0.717) is 6.61 Å². The highest BCUT2D eigenvalue weighted by atomic mass is 16.5. The molecule has 1 N–H and O–H groups in total. The monoisotopic (exact) mass is 413 g/mol. The number of ether oxygens (including phenoxy) is 1. The second-order valence-electron chi connectivity index (χ2n) is 8.48. The maximum Gasteiger partial charge on any atom is 0.224 e. The Morgan fingerprint density at radius 2 is 1.55 bits per heavy atom. The maximum absolute atomic E-state index is 13.2. The second kappa shape index (κ2) is 10.3. The van der Waals surface area contributed by atoms with Gasteiger partial charge < -0.3 is 10.1 Å². The van der Waals surface area contributed by atoms with E-state index in [9.17, 15) is 4.79 Å². The van der Waals surface area contributed by atoms with E-state index in [1.165, 1.54) is 12.0 Å². The molecule has 0 aliphatic heterocycles. The Morgan fingerprint density at radius 3 is 2.26 bits per heavy atom. The average molecular weight is 414 g/mol. The number of hydrogen-bond acceptors (Lipinski definition) is 2. The molecule has 1 amide bonds. The highest BCUT2D eigenvalue weighted by Crippen LogP contribution is 2.38. The predicted octanol–water partition coefficient (Wildman–Crippen LogP) is 6.42. The van der Waals surface area contributed by atoms with Crippen molar-refractivity contribution in [2.75, 3.05) is 0 Å². The third-order valence-corrected chi connectivity index (χ3v) is 6.32. The van der Waals surface area contributed by atoms with E-state index >= 15 is 0 Å². The standard InChI is InChI=1S/C28H31NO2/c1-21(23-12-6-3-7-13-23)29-28(30)27-15-9-8-14-26(27)24-16-18-25(19-17-24)31-20-22-10-4-2-5-11-22/h2-7,10-13,16-19,21,26-27H,8-9,14-15,20H2,1H3,(H,29,30)/t21-,26-,27-/m0/s1. The molecule has 4 rings (SSSR count). The summed E-state index contributed by atoms with van der Waals surface area (Å²) in [5.41, 5.74) is 3.53. The van der Waals surface area contributed by atoms with Crippen LogP contribution in [0.3, 0.4) is 0 Å². The first-order chi connectivity index (χ1) is 15.2. The summed E-state index contributed by atoms with van der Waals surface area (Å²) in [6.45, 7) is 2.62. The molecule has 1 aliphatic carbocycles. The molecule has 1 fully saturated rings. The van der Waals surface area contributed by atoms with Gasteiger partial charge in [-0.2, -0.15) is 0 Å². The van der Waals surface area contributed by atoms with Crippen molar-refractivity contribution in [3.8, 4) is 5.75 Å². The number of amides is 1. The van der Waals surface area contributed by atoms with Gasteiger partial charge in [-0.15, -0.1) is 0 Å². The summed E-state index contributed by atoms with van der Waals surface area (Å²) in [5.74, 6) is 1.32. The molecule has 0 saturated heterocycles. The van der Waals surface area contributed by atoms with Crippen LogP contribution in [-0.2, 0) is 11.4 Å². The molecule has 0 unspecified atom stereocenters. The predicted molar refractivity (Wildman–Crippen MR) is 125 cm³/mol. The minimum absolute atomic E-state index is 0.0186. The Labute approximate surface area is 185 Å². The lowest BCUT2D eigenvalue weighted by atomic mass is 9.75. The molecule has 3 aromatic rings. The maximum atomic E-state index is 13.2. The number of carbonyl (C=O) groups is 1. The lowest BCUT2D eigenvalue weighted by Gasteiger charge is -2.32. The van der Waals surface area contributed by atoms with Crippen molar-refractivity contribution in [3.63, 3.8) is 0 Å². The van der Waals surface area contributed by atoms with E-state index in [1.54, 1.807) is 0 Å². The van der Waals surface area contributed by atoms with E-state index in [0.717, 1.165) is 36.1 Å². The topological polar surface area (TPSA) is 38.3 Å². The fraction of sp³-hybridized carbons (Fsp3) is 0.321. The number of hydrogen-bond donors (Lipinski definition) is 1. The van der Waals surface area contributed by atoms with Crippen LogP contribution in [0.25, 0.3) is 0 Å². The Hall–Kier alpha value is -3.07. The van der Waals surface area contributed by atoms with Crippen LogP contribution in [0.5, 0.6) is 5.75 Å². The largest absolute Gasteiger partial charge is 0.489 e. The first kappa shape index (κ1) is 21.2. The van der Waals surface area contributed by atoms with Gasteiger partial charge in [0, 0.05) is 5.92 Å². The zero-order valence-electron chi connectivity index (χ0n) is 18.2. The molecule has 3 aromatic carbocycles. The molecule has 31 heavy (non-hydrogen) atoms. The summed E-state index contributed by atoms with van der Waals surface area (Å²) < 4.78 is 5.93. The van der Waals surface area contributed by atoms with E-state index in [2.05, 4.69) is 48.6 Å². The number of rotatable bonds is 7.